The molecule has 18 heavy (non-hydrogen) atoms. The summed E-state index contributed by atoms with van der Waals surface area (Å²) in [7, 11) is 1.75. The first-order valence-electron chi connectivity index (χ1n) is 7.02. The Labute approximate surface area is 114 Å². The monoisotopic (exact) mass is 259 g/mol. The van der Waals surface area contributed by atoms with Crippen LogP contribution in [0.4, 0.5) is 0 Å². The molecular weight excluding hydrogens is 226 g/mol. The van der Waals surface area contributed by atoms with Crippen molar-refractivity contribution in [3.63, 3.8) is 0 Å². The first kappa shape index (κ1) is 17.9. The van der Waals surface area contributed by atoms with Crippen LogP contribution in [0.25, 0.3) is 0 Å². The molecular formula is C15H33NO2. The molecule has 1 N–H and O–H groups in total. The number of hydrogen-bond acceptors (Lipinski definition) is 3. The van der Waals surface area contributed by atoms with Crippen LogP contribution in [0.3, 0.4) is 0 Å². The van der Waals surface area contributed by atoms with Crippen LogP contribution in [0, 0.1) is 11.3 Å². The Hall–Kier alpha value is -0.120. The summed E-state index contributed by atoms with van der Waals surface area (Å²) in [6.45, 7) is 16.7. The van der Waals surface area contributed by atoms with Gasteiger partial charge in [0.25, 0.3) is 0 Å². The first-order chi connectivity index (χ1) is 8.18. The van der Waals surface area contributed by atoms with Gasteiger partial charge in [0, 0.05) is 25.7 Å². The van der Waals surface area contributed by atoms with Crippen LogP contribution >= 0.6 is 0 Å². The van der Waals surface area contributed by atoms with Gasteiger partial charge in [-0.15, -0.1) is 0 Å². The smallest absolute Gasteiger partial charge is 0.0644 e. The van der Waals surface area contributed by atoms with Crippen molar-refractivity contribution in [2.24, 2.45) is 11.3 Å². The summed E-state index contributed by atoms with van der Waals surface area (Å²) in [5.74, 6) is 0.698. The zero-order valence-electron chi connectivity index (χ0n) is 13.4. The minimum atomic E-state index is -0.0833. The second kappa shape index (κ2) is 8.13. The summed E-state index contributed by atoms with van der Waals surface area (Å²) in [6, 6.07) is 0. The lowest BCUT2D eigenvalue weighted by Crippen LogP contribution is -2.35. The van der Waals surface area contributed by atoms with Gasteiger partial charge in [0.05, 0.1) is 12.2 Å². The van der Waals surface area contributed by atoms with Crippen LogP contribution in [0.5, 0.6) is 0 Å². The molecule has 0 aliphatic carbocycles. The summed E-state index contributed by atoms with van der Waals surface area (Å²) >= 11 is 0. The molecule has 0 atom stereocenters. The highest BCUT2D eigenvalue weighted by molar-refractivity contribution is 4.72. The molecule has 0 aliphatic rings. The normalized spacial score (nSPS) is 13.3. The third-order valence-electron chi connectivity index (χ3n) is 3.05. The average molecular weight is 259 g/mol. The zero-order chi connectivity index (χ0) is 14.2. The van der Waals surface area contributed by atoms with Gasteiger partial charge in [-0.25, -0.2) is 0 Å². The Bertz CT molecular complexity index is 213. The van der Waals surface area contributed by atoms with Crippen molar-refractivity contribution in [1.29, 1.82) is 0 Å². The molecule has 0 aliphatic heterocycles. The molecule has 3 nitrogen and oxygen atoms in total. The molecule has 0 radical (unpaired) electrons. The van der Waals surface area contributed by atoms with Crippen LogP contribution < -0.4 is 5.32 Å². The number of hydrogen-bond donors (Lipinski definition) is 1. The van der Waals surface area contributed by atoms with Crippen LogP contribution in [0.2, 0.25) is 0 Å². The van der Waals surface area contributed by atoms with E-state index in [9.17, 15) is 0 Å². The minimum absolute atomic E-state index is 0.0833. The topological polar surface area (TPSA) is 30.5 Å². The number of methoxy groups -OCH3 is 1. The molecule has 3 heteroatoms. The molecule has 0 heterocycles. The van der Waals surface area contributed by atoms with Crippen molar-refractivity contribution in [3.05, 3.63) is 0 Å². The van der Waals surface area contributed by atoms with E-state index in [1.807, 2.05) is 0 Å². The average Bonchev–Trinajstić information content (AvgIpc) is 2.24. The molecule has 0 rings (SSSR count). The number of ether oxygens (including phenoxy) is 2. The quantitative estimate of drug-likeness (QED) is 0.612. The summed E-state index contributed by atoms with van der Waals surface area (Å²) in [5, 5.41) is 3.49. The molecule has 0 amide bonds. The highest BCUT2D eigenvalue weighted by Crippen LogP contribution is 2.16. The highest BCUT2D eigenvalue weighted by atomic mass is 16.5. The molecule has 0 spiro atoms. The summed E-state index contributed by atoms with van der Waals surface area (Å²) in [5.41, 5.74) is 0.103. The minimum Gasteiger partial charge on any atom is -0.381 e. The van der Waals surface area contributed by atoms with Gasteiger partial charge in [0.1, 0.15) is 0 Å². The molecule has 0 saturated carbocycles. The Morgan fingerprint density at radius 1 is 1.11 bits per heavy atom. The lowest BCUT2D eigenvalue weighted by molar-refractivity contribution is -0.0210. The molecule has 0 aromatic rings. The number of rotatable bonds is 10. The van der Waals surface area contributed by atoms with Crippen molar-refractivity contribution in [2.45, 2.75) is 53.6 Å². The van der Waals surface area contributed by atoms with E-state index in [2.05, 4.69) is 46.9 Å². The second-order valence-electron chi connectivity index (χ2n) is 6.96. The Morgan fingerprint density at radius 3 is 2.22 bits per heavy atom. The third-order valence-corrected chi connectivity index (χ3v) is 3.05. The first-order valence-corrected chi connectivity index (χ1v) is 7.02. The van der Waals surface area contributed by atoms with Crippen molar-refractivity contribution in [1.82, 2.24) is 5.32 Å². The predicted molar refractivity (Wildman–Crippen MR) is 78.0 cm³/mol. The maximum atomic E-state index is 5.77. The molecule has 0 saturated heterocycles. The maximum absolute atomic E-state index is 5.77. The zero-order valence-corrected chi connectivity index (χ0v) is 13.4. The fraction of sp³-hybridized carbons (Fsp3) is 1.00. The van der Waals surface area contributed by atoms with Gasteiger partial charge in [-0.1, -0.05) is 27.7 Å². The molecule has 0 fully saturated rings. The van der Waals surface area contributed by atoms with Gasteiger partial charge < -0.3 is 14.8 Å². The summed E-state index contributed by atoms with van der Waals surface area (Å²) < 4.78 is 11.1. The Balaban J connectivity index is 3.70. The van der Waals surface area contributed by atoms with Crippen molar-refractivity contribution < 1.29 is 9.47 Å². The van der Waals surface area contributed by atoms with Gasteiger partial charge in [-0.2, -0.15) is 0 Å². The standard InChI is InChI=1S/C15H33NO2/c1-13(2)10-16-11-14(3,4)12-18-9-8-15(5,6)17-7/h13,16H,8-12H2,1-7H3. The van der Waals surface area contributed by atoms with E-state index in [0.29, 0.717) is 5.92 Å². The van der Waals surface area contributed by atoms with E-state index in [4.69, 9.17) is 9.47 Å². The maximum Gasteiger partial charge on any atom is 0.0644 e. The van der Waals surface area contributed by atoms with E-state index in [1.165, 1.54) is 0 Å². The Kier molecular flexibility index (Phi) is 8.08. The van der Waals surface area contributed by atoms with Crippen LogP contribution in [0.15, 0.2) is 0 Å². The van der Waals surface area contributed by atoms with Gasteiger partial charge >= 0.3 is 0 Å². The van der Waals surface area contributed by atoms with E-state index in [0.717, 1.165) is 32.7 Å². The van der Waals surface area contributed by atoms with E-state index in [-0.39, 0.29) is 11.0 Å². The van der Waals surface area contributed by atoms with Crippen molar-refractivity contribution in [3.8, 4) is 0 Å². The number of nitrogens with one attached hydrogen (secondary N) is 1. The van der Waals surface area contributed by atoms with E-state index < -0.39 is 0 Å². The lowest BCUT2D eigenvalue weighted by Gasteiger charge is -2.27. The largest absolute Gasteiger partial charge is 0.381 e. The van der Waals surface area contributed by atoms with E-state index in [1.54, 1.807) is 7.11 Å². The van der Waals surface area contributed by atoms with Gasteiger partial charge in [-0.3, -0.25) is 0 Å². The van der Waals surface area contributed by atoms with Gasteiger partial charge in [0.15, 0.2) is 0 Å². The highest BCUT2D eigenvalue weighted by Gasteiger charge is 2.20. The van der Waals surface area contributed by atoms with E-state index >= 15 is 0 Å². The Morgan fingerprint density at radius 2 is 1.72 bits per heavy atom. The van der Waals surface area contributed by atoms with Gasteiger partial charge in [-0.05, 0) is 32.7 Å². The molecule has 0 aromatic carbocycles. The van der Waals surface area contributed by atoms with Crippen molar-refractivity contribution in [2.75, 3.05) is 33.4 Å². The van der Waals surface area contributed by atoms with Crippen molar-refractivity contribution >= 4 is 0 Å². The van der Waals surface area contributed by atoms with Crippen LogP contribution in [-0.2, 0) is 9.47 Å². The molecule has 0 aromatic heterocycles. The molecule has 0 unspecified atom stereocenters. The fourth-order valence-corrected chi connectivity index (χ4v) is 1.52. The summed E-state index contributed by atoms with van der Waals surface area (Å²) in [6.07, 6.45) is 0.930. The SMILES string of the molecule is COC(C)(C)CCOCC(C)(C)CNCC(C)C. The second-order valence-corrected chi connectivity index (χ2v) is 6.96. The fourth-order valence-electron chi connectivity index (χ4n) is 1.52. The van der Waals surface area contributed by atoms with Gasteiger partial charge in [0.2, 0.25) is 0 Å². The van der Waals surface area contributed by atoms with Crippen LogP contribution in [0.1, 0.15) is 48.0 Å². The molecule has 110 valence electrons. The summed E-state index contributed by atoms with van der Waals surface area (Å²) in [4.78, 5) is 0. The predicted octanol–water partition coefficient (Wildman–Crippen LogP) is 3.09. The third kappa shape index (κ3) is 9.86. The molecule has 0 bridgehead atoms. The van der Waals surface area contributed by atoms with Crippen LogP contribution in [-0.4, -0.2) is 39.0 Å². The lowest BCUT2D eigenvalue weighted by atomic mass is 9.94.